The van der Waals surface area contributed by atoms with Crippen LogP contribution >= 0.6 is 11.6 Å². The van der Waals surface area contributed by atoms with Crippen molar-refractivity contribution < 1.29 is 13.3 Å². The molecule has 1 rings (SSSR count). The Labute approximate surface area is 110 Å². The predicted octanol–water partition coefficient (Wildman–Crippen LogP) is 3.10. The average Bonchev–Trinajstić information content (AvgIpc) is 2.38. The zero-order valence-electron chi connectivity index (χ0n) is 10.9. The second-order valence-electron chi connectivity index (χ2n) is 3.39. The van der Waals surface area contributed by atoms with Gasteiger partial charge in [-0.05, 0) is 6.92 Å². The van der Waals surface area contributed by atoms with Crippen molar-refractivity contribution in [1.82, 2.24) is 0 Å². The molecule has 0 saturated carbocycles. The molecule has 1 aromatic carbocycles. The van der Waals surface area contributed by atoms with Gasteiger partial charge in [-0.25, -0.2) is 0 Å². The second-order valence-corrected chi connectivity index (χ2v) is 6.86. The zero-order chi connectivity index (χ0) is 13.1. The molecule has 0 heterocycles. The molecular formula is C12H21ClO3Si. The molecule has 1 aromatic rings. The van der Waals surface area contributed by atoms with E-state index in [0.29, 0.717) is 11.9 Å². The maximum Gasteiger partial charge on any atom is 0.501 e. The lowest BCUT2D eigenvalue weighted by molar-refractivity contribution is 0.125. The van der Waals surface area contributed by atoms with Crippen molar-refractivity contribution >= 4 is 20.4 Å². The Hall–Kier alpha value is -0.393. The monoisotopic (exact) mass is 276 g/mol. The van der Waals surface area contributed by atoms with Gasteiger partial charge in [-0.2, -0.15) is 0 Å². The van der Waals surface area contributed by atoms with Crippen molar-refractivity contribution in [1.29, 1.82) is 0 Å². The van der Waals surface area contributed by atoms with Gasteiger partial charge in [0.25, 0.3) is 0 Å². The molecule has 3 nitrogen and oxygen atoms in total. The van der Waals surface area contributed by atoms with Gasteiger partial charge in [0.2, 0.25) is 0 Å². The molecular weight excluding hydrogens is 256 g/mol. The molecule has 5 heteroatoms. The van der Waals surface area contributed by atoms with Crippen molar-refractivity contribution in [2.45, 2.75) is 13.0 Å². The fraction of sp³-hybridized carbons (Fsp3) is 0.500. The quantitative estimate of drug-likeness (QED) is 0.611. The lowest BCUT2D eigenvalue weighted by Crippen LogP contribution is -2.42. The highest BCUT2D eigenvalue weighted by molar-refractivity contribution is 6.61. The van der Waals surface area contributed by atoms with Crippen molar-refractivity contribution in [3.8, 4) is 0 Å². The standard InChI is InChI=1S/C7H8.C5H13ClO3Si/c1-7-5-3-2-4-6-7;1-7-10(8-2,9-3)5-4-6/h2-6H,1H3;4-5H2,1-3H3. The van der Waals surface area contributed by atoms with E-state index in [1.165, 1.54) is 5.56 Å². The number of alkyl halides is 1. The van der Waals surface area contributed by atoms with Gasteiger partial charge in [-0.1, -0.05) is 35.9 Å². The molecule has 0 N–H and O–H groups in total. The average molecular weight is 277 g/mol. The van der Waals surface area contributed by atoms with E-state index < -0.39 is 8.80 Å². The van der Waals surface area contributed by atoms with Crippen LogP contribution in [0.2, 0.25) is 6.04 Å². The van der Waals surface area contributed by atoms with Crippen molar-refractivity contribution in [2.75, 3.05) is 27.2 Å². The first kappa shape index (κ1) is 16.6. The topological polar surface area (TPSA) is 27.7 Å². The van der Waals surface area contributed by atoms with E-state index >= 15 is 0 Å². The summed E-state index contributed by atoms with van der Waals surface area (Å²) in [5.41, 5.74) is 1.32. The molecule has 0 saturated heterocycles. The van der Waals surface area contributed by atoms with Gasteiger partial charge in [0.1, 0.15) is 0 Å². The first-order valence-corrected chi connectivity index (χ1v) is 7.83. The van der Waals surface area contributed by atoms with Gasteiger partial charge in [-0.15, -0.1) is 11.6 Å². The van der Waals surface area contributed by atoms with Crippen molar-refractivity contribution in [2.24, 2.45) is 0 Å². The minimum atomic E-state index is -2.35. The first-order chi connectivity index (χ1) is 8.14. The molecule has 0 aliphatic carbocycles. The summed E-state index contributed by atoms with van der Waals surface area (Å²) in [4.78, 5) is 0. The Kier molecular flexibility index (Phi) is 9.40. The van der Waals surface area contributed by atoms with Crippen LogP contribution in [-0.2, 0) is 13.3 Å². The number of halogens is 1. The normalized spacial score (nSPS) is 10.6. The SMILES string of the molecule is CO[Si](CCCl)(OC)OC.Cc1ccccc1. The summed E-state index contributed by atoms with van der Waals surface area (Å²) in [5.74, 6) is 0.502. The molecule has 0 fully saturated rings. The Morgan fingerprint density at radius 2 is 1.47 bits per heavy atom. The lowest BCUT2D eigenvalue weighted by Gasteiger charge is -2.22. The first-order valence-electron chi connectivity index (χ1n) is 5.37. The lowest BCUT2D eigenvalue weighted by atomic mass is 10.2. The highest BCUT2D eigenvalue weighted by atomic mass is 35.5. The van der Waals surface area contributed by atoms with Crippen molar-refractivity contribution in [3.63, 3.8) is 0 Å². The summed E-state index contributed by atoms with van der Waals surface area (Å²) in [6.07, 6.45) is 0. The van der Waals surface area contributed by atoms with Gasteiger partial charge in [-0.3, -0.25) is 0 Å². The van der Waals surface area contributed by atoms with Gasteiger partial charge >= 0.3 is 8.80 Å². The predicted molar refractivity (Wildman–Crippen MR) is 73.5 cm³/mol. The number of hydrogen-bond acceptors (Lipinski definition) is 3. The number of rotatable bonds is 5. The summed E-state index contributed by atoms with van der Waals surface area (Å²) in [7, 11) is 2.38. The highest BCUT2D eigenvalue weighted by Gasteiger charge is 2.36. The largest absolute Gasteiger partial charge is 0.501 e. The molecule has 0 aliphatic rings. The summed E-state index contributed by atoms with van der Waals surface area (Å²) in [6, 6.07) is 10.9. The fourth-order valence-electron chi connectivity index (χ4n) is 1.21. The van der Waals surface area contributed by atoms with E-state index in [1.54, 1.807) is 21.3 Å². The highest BCUT2D eigenvalue weighted by Crippen LogP contribution is 2.12. The van der Waals surface area contributed by atoms with Gasteiger partial charge < -0.3 is 13.3 Å². The molecule has 0 atom stereocenters. The van der Waals surface area contributed by atoms with Gasteiger partial charge in [0.05, 0.1) is 0 Å². The third-order valence-corrected chi connectivity index (χ3v) is 5.51. The molecule has 0 bridgehead atoms. The van der Waals surface area contributed by atoms with Crippen LogP contribution in [0.5, 0.6) is 0 Å². The summed E-state index contributed by atoms with van der Waals surface area (Å²) >= 11 is 5.52. The third kappa shape index (κ3) is 6.80. The van der Waals surface area contributed by atoms with Crippen LogP contribution in [-0.4, -0.2) is 36.0 Å². The van der Waals surface area contributed by atoms with Gasteiger partial charge in [0, 0.05) is 33.3 Å². The van der Waals surface area contributed by atoms with E-state index in [1.807, 2.05) is 18.2 Å². The van der Waals surface area contributed by atoms with Crippen molar-refractivity contribution in [3.05, 3.63) is 35.9 Å². The number of benzene rings is 1. The third-order valence-electron chi connectivity index (χ3n) is 2.27. The number of hydrogen-bond donors (Lipinski definition) is 0. The Bertz CT molecular complexity index is 270. The molecule has 0 aromatic heterocycles. The van der Waals surface area contributed by atoms with E-state index in [2.05, 4.69) is 19.1 Å². The smallest absolute Gasteiger partial charge is 0.377 e. The minimum absolute atomic E-state index is 0.502. The summed E-state index contributed by atoms with van der Waals surface area (Å²) in [6.45, 7) is 2.08. The molecule has 0 spiro atoms. The molecule has 0 amide bonds. The summed E-state index contributed by atoms with van der Waals surface area (Å²) < 4.78 is 15.3. The Morgan fingerprint density at radius 3 is 1.65 bits per heavy atom. The Morgan fingerprint density at radius 1 is 1.00 bits per heavy atom. The molecule has 0 unspecified atom stereocenters. The van der Waals surface area contributed by atoms with E-state index in [9.17, 15) is 0 Å². The maximum absolute atomic E-state index is 5.52. The minimum Gasteiger partial charge on any atom is -0.377 e. The summed E-state index contributed by atoms with van der Waals surface area (Å²) in [5, 5.41) is 0. The zero-order valence-corrected chi connectivity index (χ0v) is 12.7. The number of aryl methyl sites for hydroxylation is 1. The maximum atomic E-state index is 5.52. The van der Waals surface area contributed by atoms with Crippen LogP contribution in [0.3, 0.4) is 0 Å². The Balaban J connectivity index is 0.000000318. The fourth-order valence-corrected chi connectivity index (χ4v) is 3.24. The van der Waals surface area contributed by atoms with Crippen LogP contribution in [0, 0.1) is 6.92 Å². The van der Waals surface area contributed by atoms with Crippen LogP contribution in [0.15, 0.2) is 30.3 Å². The molecule has 17 heavy (non-hydrogen) atoms. The van der Waals surface area contributed by atoms with Crippen LogP contribution in [0.25, 0.3) is 0 Å². The van der Waals surface area contributed by atoms with Crippen LogP contribution in [0.4, 0.5) is 0 Å². The molecule has 98 valence electrons. The second kappa shape index (κ2) is 9.62. The van der Waals surface area contributed by atoms with E-state index in [0.717, 1.165) is 0 Å². The van der Waals surface area contributed by atoms with E-state index in [-0.39, 0.29) is 0 Å². The van der Waals surface area contributed by atoms with E-state index in [4.69, 9.17) is 24.9 Å². The van der Waals surface area contributed by atoms with Gasteiger partial charge in [0.15, 0.2) is 0 Å². The molecule has 0 radical (unpaired) electrons. The van der Waals surface area contributed by atoms with Crippen LogP contribution < -0.4 is 0 Å². The van der Waals surface area contributed by atoms with Crippen LogP contribution in [0.1, 0.15) is 5.56 Å². The molecule has 0 aliphatic heterocycles.